The fourth-order valence-electron chi connectivity index (χ4n) is 1.92. The Morgan fingerprint density at radius 2 is 2.12 bits per heavy atom. The van der Waals surface area contributed by atoms with E-state index in [1.807, 2.05) is 0 Å². The van der Waals surface area contributed by atoms with Gasteiger partial charge in [-0.15, -0.1) is 5.10 Å². The van der Waals surface area contributed by atoms with Crippen LogP contribution in [-0.4, -0.2) is 34.4 Å². The largest absolute Gasteiger partial charge is 0.376 e. The Hall–Kier alpha value is -1.63. The molecule has 7 nitrogen and oxygen atoms in total. The van der Waals surface area contributed by atoms with Gasteiger partial charge in [-0.3, -0.25) is 9.78 Å². The first kappa shape index (κ1) is 11.8. The van der Waals surface area contributed by atoms with Gasteiger partial charge < -0.3 is 10.1 Å². The van der Waals surface area contributed by atoms with E-state index < -0.39 is 11.2 Å². The molecule has 2 rings (SSSR count). The number of hydrogen-bond donors (Lipinski definition) is 3. The van der Waals surface area contributed by atoms with Crippen molar-refractivity contribution in [1.82, 2.24) is 15.2 Å². The molecule has 0 amide bonds. The lowest BCUT2D eigenvalue weighted by Gasteiger charge is -2.11. The number of hydrogen-bond acceptors (Lipinski definition) is 5. The molecule has 1 fully saturated rings. The molecule has 7 heteroatoms. The molecule has 0 saturated heterocycles. The molecule has 0 bridgehead atoms. The van der Waals surface area contributed by atoms with E-state index in [-0.39, 0.29) is 5.82 Å². The van der Waals surface area contributed by atoms with Crippen molar-refractivity contribution in [2.24, 2.45) is 0 Å². The van der Waals surface area contributed by atoms with Gasteiger partial charge in [0.2, 0.25) is 5.82 Å². The van der Waals surface area contributed by atoms with Crippen LogP contribution < -0.4 is 16.6 Å². The van der Waals surface area contributed by atoms with Crippen molar-refractivity contribution >= 4 is 5.82 Å². The van der Waals surface area contributed by atoms with Crippen molar-refractivity contribution in [2.45, 2.75) is 31.8 Å². The summed E-state index contributed by atoms with van der Waals surface area (Å²) in [6.07, 6.45) is 5.08. The number of nitrogens with one attached hydrogen (secondary N) is 3. The van der Waals surface area contributed by atoms with Gasteiger partial charge in [0, 0.05) is 6.54 Å². The van der Waals surface area contributed by atoms with Crippen molar-refractivity contribution in [3.8, 4) is 0 Å². The third-order valence-electron chi connectivity index (χ3n) is 2.76. The molecule has 0 atom stereocenters. The molecular formula is C10H16N4O3. The van der Waals surface area contributed by atoms with Crippen LogP contribution >= 0.6 is 0 Å². The lowest BCUT2D eigenvalue weighted by atomic mass is 10.3. The zero-order valence-corrected chi connectivity index (χ0v) is 9.49. The third-order valence-corrected chi connectivity index (χ3v) is 2.76. The molecule has 0 spiro atoms. The lowest BCUT2D eigenvalue weighted by Crippen LogP contribution is -2.28. The van der Waals surface area contributed by atoms with Crippen LogP contribution in [0.15, 0.2) is 9.59 Å². The number of aromatic nitrogens is 3. The second-order valence-corrected chi connectivity index (χ2v) is 4.06. The molecule has 1 heterocycles. The zero-order chi connectivity index (χ0) is 12.1. The highest BCUT2D eigenvalue weighted by molar-refractivity contribution is 5.28. The first-order valence-corrected chi connectivity index (χ1v) is 5.80. The molecule has 1 aliphatic carbocycles. The maximum absolute atomic E-state index is 11.2. The molecule has 0 radical (unpaired) electrons. The van der Waals surface area contributed by atoms with Gasteiger partial charge in [-0.2, -0.15) is 0 Å². The van der Waals surface area contributed by atoms with Gasteiger partial charge >= 0.3 is 5.69 Å². The third kappa shape index (κ3) is 3.42. The van der Waals surface area contributed by atoms with E-state index in [0.717, 1.165) is 12.8 Å². The Bertz CT molecular complexity index is 461. The van der Waals surface area contributed by atoms with Crippen LogP contribution in [0.5, 0.6) is 0 Å². The molecule has 0 aliphatic heterocycles. The quantitative estimate of drug-likeness (QED) is 0.620. The molecule has 1 aromatic rings. The van der Waals surface area contributed by atoms with E-state index in [1.165, 1.54) is 12.8 Å². The number of H-pyrrole nitrogens is 2. The molecular weight excluding hydrogens is 224 g/mol. The molecule has 1 saturated carbocycles. The summed E-state index contributed by atoms with van der Waals surface area (Å²) in [4.78, 5) is 24.1. The van der Waals surface area contributed by atoms with Gasteiger partial charge in [0.15, 0.2) is 0 Å². The molecule has 0 aromatic carbocycles. The minimum Gasteiger partial charge on any atom is -0.376 e. The van der Waals surface area contributed by atoms with Crippen LogP contribution in [0, 0.1) is 0 Å². The predicted molar refractivity (Wildman–Crippen MR) is 62.2 cm³/mol. The van der Waals surface area contributed by atoms with Crippen molar-refractivity contribution in [1.29, 1.82) is 0 Å². The molecule has 0 unspecified atom stereocenters. The summed E-state index contributed by atoms with van der Waals surface area (Å²) in [5.74, 6) is 0.111. The maximum atomic E-state index is 11.2. The van der Waals surface area contributed by atoms with Crippen molar-refractivity contribution < 1.29 is 4.74 Å². The van der Waals surface area contributed by atoms with Gasteiger partial charge in [-0.25, -0.2) is 9.89 Å². The van der Waals surface area contributed by atoms with Crippen LogP contribution in [0.1, 0.15) is 25.7 Å². The van der Waals surface area contributed by atoms with Crippen LogP contribution in [-0.2, 0) is 4.74 Å². The van der Waals surface area contributed by atoms with Crippen LogP contribution in [0.4, 0.5) is 5.82 Å². The second-order valence-electron chi connectivity index (χ2n) is 4.06. The smallest absolute Gasteiger partial charge is 0.342 e. The standard InChI is InChI=1S/C10H16N4O3/c15-9-8(13-14-10(16)12-9)11-5-6-17-7-3-1-2-4-7/h7H,1-6H2,(H,11,13)(H2,12,14,15,16). The van der Waals surface area contributed by atoms with E-state index in [9.17, 15) is 9.59 Å². The van der Waals surface area contributed by atoms with E-state index in [1.54, 1.807) is 0 Å². The van der Waals surface area contributed by atoms with Crippen LogP contribution in [0.2, 0.25) is 0 Å². The lowest BCUT2D eigenvalue weighted by molar-refractivity contribution is 0.0658. The molecule has 17 heavy (non-hydrogen) atoms. The summed E-state index contributed by atoms with van der Waals surface area (Å²) in [5, 5.41) is 8.57. The molecule has 3 N–H and O–H groups in total. The van der Waals surface area contributed by atoms with E-state index in [4.69, 9.17) is 4.74 Å². The summed E-state index contributed by atoms with van der Waals surface area (Å²) in [5.41, 5.74) is -1.13. The molecule has 1 aliphatic rings. The normalized spacial score (nSPS) is 16.2. The van der Waals surface area contributed by atoms with Gasteiger partial charge in [-0.1, -0.05) is 12.8 Å². The number of rotatable bonds is 5. The Morgan fingerprint density at radius 1 is 1.35 bits per heavy atom. The highest BCUT2D eigenvalue weighted by Gasteiger charge is 2.14. The van der Waals surface area contributed by atoms with Crippen molar-refractivity contribution in [3.63, 3.8) is 0 Å². The summed E-state index contributed by atoms with van der Waals surface area (Å²) in [6.45, 7) is 1.03. The second kappa shape index (κ2) is 5.62. The summed E-state index contributed by atoms with van der Waals surface area (Å²) >= 11 is 0. The minimum atomic E-state index is -0.609. The van der Waals surface area contributed by atoms with E-state index >= 15 is 0 Å². The van der Waals surface area contributed by atoms with Gasteiger partial charge in [0.25, 0.3) is 5.56 Å². The molecule has 94 valence electrons. The highest BCUT2D eigenvalue weighted by atomic mass is 16.5. The van der Waals surface area contributed by atoms with E-state index in [0.29, 0.717) is 19.3 Å². The average molecular weight is 240 g/mol. The maximum Gasteiger partial charge on any atom is 0.342 e. The highest BCUT2D eigenvalue weighted by Crippen LogP contribution is 2.20. The fraction of sp³-hybridized carbons (Fsp3) is 0.700. The predicted octanol–water partition coefficient (Wildman–Crippen LogP) is -0.171. The zero-order valence-electron chi connectivity index (χ0n) is 9.49. The van der Waals surface area contributed by atoms with Crippen LogP contribution in [0.3, 0.4) is 0 Å². The number of nitrogens with zero attached hydrogens (tertiary/aromatic N) is 1. The van der Waals surface area contributed by atoms with Crippen molar-refractivity contribution in [3.05, 3.63) is 20.8 Å². The fourth-order valence-corrected chi connectivity index (χ4v) is 1.92. The Labute approximate surface area is 97.6 Å². The first-order chi connectivity index (χ1) is 8.25. The Kier molecular flexibility index (Phi) is 3.92. The number of ether oxygens (including phenoxy) is 1. The number of aromatic amines is 2. The summed E-state index contributed by atoms with van der Waals surface area (Å²) < 4.78 is 5.61. The van der Waals surface area contributed by atoms with E-state index in [2.05, 4.69) is 20.5 Å². The van der Waals surface area contributed by atoms with Crippen LogP contribution in [0.25, 0.3) is 0 Å². The Morgan fingerprint density at radius 3 is 2.82 bits per heavy atom. The Balaban J connectivity index is 1.74. The number of anilines is 1. The van der Waals surface area contributed by atoms with Gasteiger partial charge in [0.1, 0.15) is 0 Å². The monoisotopic (exact) mass is 240 g/mol. The van der Waals surface area contributed by atoms with Gasteiger partial charge in [0.05, 0.1) is 12.7 Å². The minimum absolute atomic E-state index is 0.111. The summed E-state index contributed by atoms with van der Waals surface area (Å²) in [6, 6.07) is 0. The van der Waals surface area contributed by atoms with Crippen molar-refractivity contribution in [2.75, 3.05) is 18.5 Å². The summed E-state index contributed by atoms with van der Waals surface area (Å²) in [7, 11) is 0. The topological polar surface area (TPSA) is 99.9 Å². The van der Waals surface area contributed by atoms with Gasteiger partial charge in [-0.05, 0) is 12.8 Å². The molecule has 1 aromatic heterocycles. The average Bonchev–Trinajstić information content (AvgIpc) is 2.79. The SMILES string of the molecule is O=c1[nH]nc(NCCOC2CCCC2)c(=O)[nH]1. The first-order valence-electron chi connectivity index (χ1n) is 5.80.